The number of nitrogens with zero attached hydrogens (tertiary/aromatic N) is 2. The molecule has 5 heteroatoms. The minimum absolute atomic E-state index is 0. The van der Waals surface area contributed by atoms with Gasteiger partial charge in [-0.25, -0.2) is 4.98 Å². The quantitative estimate of drug-likeness (QED) is 0.811. The van der Waals surface area contributed by atoms with Crippen LogP contribution in [0.2, 0.25) is 0 Å². The molecular formula is C16H21BrN2OS. The van der Waals surface area contributed by atoms with Crippen molar-refractivity contribution in [3.63, 3.8) is 0 Å². The van der Waals surface area contributed by atoms with Gasteiger partial charge in [-0.1, -0.05) is 0 Å². The zero-order valence-electron chi connectivity index (χ0n) is 12.4. The lowest BCUT2D eigenvalue weighted by molar-refractivity contribution is 0.255. The Morgan fingerprint density at radius 3 is 2.48 bits per heavy atom. The Morgan fingerprint density at radius 1 is 1.19 bits per heavy atom. The van der Waals surface area contributed by atoms with Gasteiger partial charge in [0.1, 0.15) is 5.75 Å². The van der Waals surface area contributed by atoms with Crippen LogP contribution >= 0.6 is 28.3 Å². The Kier molecular flexibility index (Phi) is 5.79. The lowest BCUT2D eigenvalue weighted by atomic mass is 9.98. The Labute approximate surface area is 140 Å². The molecule has 0 spiro atoms. The predicted octanol–water partition coefficient (Wildman–Crippen LogP) is 4.21. The van der Waals surface area contributed by atoms with E-state index in [-0.39, 0.29) is 17.0 Å². The van der Waals surface area contributed by atoms with Gasteiger partial charge >= 0.3 is 0 Å². The third kappa shape index (κ3) is 3.84. The lowest BCUT2D eigenvalue weighted by Crippen LogP contribution is -2.29. The van der Waals surface area contributed by atoms with Gasteiger partial charge in [0, 0.05) is 16.9 Å². The highest BCUT2D eigenvalue weighted by Crippen LogP contribution is 2.32. The molecule has 0 aliphatic carbocycles. The summed E-state index contributed by atoms with van der Waals surface area (Å²) in [6.45, 7) is 2.37. The third-order valence-corrected chi connectivity index (χ3v) is 4.98. The second-order valence-electron chi connectivity index (χ2n) is 5.38. The molecule has 21 heavy (non-hydrogen) atoms. The molecule has 1 aromatic heterocycles. The molecule has 3 nitrogen and oxygen atoms in total. The molecule has 0 atom stereocenters. The summed E-state index contributed by atoms with van der Waals surface area (Å²) >= 11 is 1.80. The van der Waals surface area contributed by atoms with Crippen LogP contribution in [0.15, 0.2) is 29.6 Å². The van der Waals surface area contributed by atoms with E-state index in [1.807, 2.05) is 12.1 Å². The molecular weight excluding hydrogens is 348 g/mol. The van der Waals surface area contributed by atoms with Crippen LogP contribution in [-0.2, 0) is 0 Å². The summed E-state index contributed by atoms with van der Waals surface area (Å²) in [5.74, 6) is 1.53. The van der Waals surface area contributed by atoms with Crippen molar-refractivity contribution in [2.75, 3.05) is 27.2 Å². The Morgan fingerprint density at radius 2 is 1.86 bits per heavy atom. The maximum absolute atomic E-state index is 5.19. The van der Waals surface area contributed by atoms with E-state index in [4.69, 9.17) is 9.72 Å². The molecule has 0 bridgehead atoms. The number of piperidine rings is 1. The summed E-state index contributed by atoms with van der Waals surface area (Å²) in [7, 11) is 3.89. The first-order valence-electron chi connectivity index (χ1n) is 7.04. The van der Waals surface area contributed by atoms with E-state index in [9.17, 15) is 0 Å². The van der Waals surface area contributed by atoms with Crippen molar-refractivity contribution in [3.8, 4) is 17.0 Å². The van der Waals surface area contributed by atoms with Crippen LogP contribution in [-0.4, -0.2) is 37.1 Å². The van der Waals surface area contributed by atoms with Crippen molar-refractivity contribution in [3.05, 3.63) is 34.7 Å². The number of hydrogen-bond acceptors (Lipinski definition) is 4. The number of benzene rings is 1. The number of aromatic nitrogens is 1. The van der Waals surface area contributed by atoms with Gasteiger partial charge in [-0.05, 0) is 57.2 Å². The van der Waals surface area contributed by atoms with Crippen molar-refractivity contribution in [1.29, 1.82) is 0 Å². The molecule has 114 valence electrons. The number of ether oxygens (including phenoxy) is 1. The Balaban J connectivity index is 0.00000161. The van der Waals surface area contributed by atoms with Crippen LogP contribution in [0.4, 0.5) is 0 Å². The molecule has 1 saturated heterocycles. The van der Waals surface area contributed by atoms with Crippen LogP contribution in [0.25, 0.3) is 11.3 Å². The molecule has 0 saturated carbocycles. The normalized spacial score (nSPS) is 16.5. The van der Waals surface area contributed by atoms with Crippen LogP contribution in [0.3, 0.4) is 0 Å². The zero-order chi connectivity index (χ0) is 13.9. The minimum Gasteiger partial charge on any atom is -0.497 e. The fraction of sp³-hybridized carbons (Fsp3) is 0.438. The highest BCUT2D eigenvalue weighted by atomic mass is 79.9. The van der Waals surface area contributed by atoms with Gasteiger partial charge < -0.3 is 9.64 Å². The van der Waals surface area contributed by atoms with E-state index in [1.165, 1.54) is 36.5 Å². The summed E-state index contributed by atoms with van der Waals surface area (Å²) in [5.41, 5.74) is 2.26. The molecule has 0 unspecified atom stereocenters. The SMILES string of the molecule is Br.COc1ccc(-c2csc(C3CCN(C)CC3)n2)cc1. The van der Waals surface area contributed by atoms with Gasteiger partial charge in [0.15, 0.2) is 0 Å². The van der Waals surface area contributed by atoms with Crippen LogP contribution in [0, 0.1) is 0 Å². The molecule has 0 amide bonds. The predicted molar refractivity (Wildman–Crippen MR) is 93.9 cm³/mol. The van der Waals surface area contributed by atoms with Crippen molar-refractivity contribution in [1.82, 2.24) is 9.88 Å². The maximum Gasteiger partial charge on any atom is 0.118 e. The summed E-state index contributed by atoms with van der Waals surface area (Å²) in [6, 6.07) is 8.13. The molecule has 3 rings (SSSR count). The highest BCUT2D eigenvalue weighted by Gasteiger charge is 2.21. The van der Waals surface area contributed by atoms with Gasteiger partial charge in [0.05, 0.1) is 17.8 Å². The molecule has 1 aliphatic heterocycles. The Bertz CT molecular complexity index is 562. The van der Waals surface area contributed by atoms with Gasteiger partial charge in [-0.15, -0.1) is 28.3 Å². The largest absolute Gasteiger partial charge is 0.497 e. The average molecular weight is 369 g/mol. The zero-order valence-corrected chi connectivity index (χ0v) is 14.9. The molecule has 1 aromatic carbocycles. The van der Waals surface area contributed by atoms with Crippen molar-refractivity contribution >= 4 is 28.3 Å². The van der Waals surface area contributed by atoms with Gasteiger partial charge in [-0.2, -0.15) is 0 Å². The number of hydrogen-bond donors (Lipinski definition) is 0. The molecule has 1 fully saturated rings. The summed E-state index contributed by atoms with van der Waals surface area (Å²) in [5, 5.41) is 3.47. The molecule has 0 radical (unpaired) electrons. The lowest BCUT2D eigenvalue weighted by Gasteiger charge is -2.27. The monoisotopic (exact) mass is 368 g/mol. The fourth-order valence-corrected chi connectivity index (χ4v) is 3.63. The summed E-state index contributed by atoms with van der Waals surface area (Å²) in [6.07, 6.45) is 2.46. The standard InChI is InChI=1S/C16H20N2OS.BrH/c1-18-9-7-13(8-10-18)16-17-15(11-20-16)12-3-5-14(19-2)6-4-12;/h3-6,11,13H,7-10H2,1-2H3;1H. The van der Waals surface area contributed by atoms with Crippen LogP contribution in [0.1, 0.15) is 23.8 Å². The van der Waals surface area contributed by atoms with Crippen molar-refractivity contribution in [2.45, 2.75) is 18.8 Å². The second-order valence-corrected chi connectivity index (χ2v) is 6.27. The van der Waals surface area contributed by atoms with Gasteiger partial charge in [0.2, 0.25) is 0 Å². The second kappa shape index (κ2) is 7.38. The van der Waals surface area contributed by atoms with Crippen molar-refractivity contribution < 1.29 is 4.74 Å². The van der Waals surface area contributed by atoms with Crippen molar-refractivity contribution in [2.24, 2.45) is 0 Å². The molecule has 1 aliphatic rings. The number of thiazole rings is 1. The smallest absolute Gasteiger partial charge is 0.118 e. The van der Waals surface area contributed by atoms with Gasteiger partial charge in [-0.3, -0.25) is 0 Å². The number of methoxy groups -OCH3 is 1. The van der Waals surface area contributed by atoms with E-state index in [2.05, 4.69) is 29.5 Å². The average Bonchev–Trinajstić information content (AvgIpc) is 2.98. The minimum atomic E-state index is 0. The third-order valence-electron chi connectivity index (χ3n) is 3.98. The first kappa shape index (κ1) is 16.5. The Hall–Kier alpha value is -0.910. The van der Waals surface area contributed by atoms with Crippen LogP contribution < -0.4 is 4.74 Å². The first-order valence-corrected chi connectivity index (χ1v) is 7.92. The van der Waals surface area contributed by atoms with Gasteiger partial charge in [0.25, 0.3) is 0 Å². The number of likely N-dealkylation sites (tertiary alicyclic amines) is 1. The number of rotatable bonds is 3. The molecule has 2 heterocycles. The fourth-order valence-electron chi connectivity index (χ4n) is 2.63. The van der Waals surface area contributed by atoms with E-state index in [1.54, 1.807) is 18.4 Å². The number of halogens is 1. The topological polar surface area (TPSA) is 25.4 Å². The summed E-state index contributed by atoms with van der Waals surface area (Å²) < 4.78 is 5.19. The molecule has 0 N–H and O–H groups in total. The highest BCUT2D eigenvalue weighted by molar-refractivity contribution is 8.93. The molecule has 2 aromatic rings. The summed E-state index contributed by atoms with van der Waals surface area (Å²) in [4.78, 5) is 7.24. The van der Waals surface area contributed by atoms with E-state index in [0.717, 1.165) is 11.4 Å². The van der Waals surface area contributed by atoms with E-state index in [0.29, 0.717) is 5.92 Å². The first-order chi connectivity index (χ1) is 9.76. The van der Waals surface area contributed by atoms with E-state index >= 15 is 0 Å². The maximum atomic E-state index is 5.19. The van der Waals surface area contributed by atoms with Crippen LogP contribution in [0.5, 0.6) is 5.75 Å². The van der Waals surface area contributed by atoms with E-state index < -0.39 is 0 Å².